The number of phenols is 1. The summed E-state index contributed by atoms with van der Waals surface area (Å²) in [5, 5.41) is 9.27. The fourth-order valence-corrected chi connectivity index (χ4v) is 1.40. The zero-order valence-corrected chi connectivity index (χ0v) is 8.22. The van der Waals surface area contributed by atoms with E-state index in [-0.39, 0.29) is 11.3 Å². The molecule has 0 saturated carbocycles. The number of rotatable bonds is 2. The second kappa shape index (κ2) is 4.10. The van der Waals surface area contributed by atoms with Crippen LogP contribution < -0.4 is 0 Å². The summed E-state index contributed by atoms with van der Waals surface area (Å²) in [7, 11) is 0. The Hall–Kier alpha value is -2.23. The maximum Gasteiger partial charge on any atom is 0.151 e. The van der Waals surface area contributed by atoms with Crippen molar-refractivity contribution >= 4 is 6.29 Å². The molecule has 0 unspecified atom stereocenters. The molecule has 2 aromatic rings. The summed E-state index contributed by atoms with van der Waals surface area (Å²) < 4.78 is 13.5. The summed E-state index contributed by atoms with van der Waals surface area (Å²) in [6.45, 7) is 0. The molecule has 1 N–H and O–H groups in total. The molecule has 1 aromatic heterocycles. The van der Waals surface area contributed by atoms with Gasteiger partial charge in [0.1, 0.15) is 11.6 Å². The Morgan fingerprint density at radius 1 is 1.25 bits per heavy atom. The lowest BCUT2D eigenvalue weighted by Gasteiger charge is -2.04. The Balaban J connectivity index is 2.57. The zero-order chi connectivity index (χ0) is 11.5. The van der Waals surface area contributed by atoms with Crippen LogP contribution in [0.5, 0.6) is 5.75 Å². The maximum absolute atomic E-state index is 13.5. The van der Waals surface area contributed by atoms with Crippen LogP contribution in [0.1, 0.15) is 10.4 Å². The molecule has 0 aliphatic carbocycles. The molecule has 4 heteroatoms. The zero-order valence-electron chi connectivity index (χ0n) is 8.22. The smallest absolute Gasteiger partial charge is 0.151 e. The molecule has 80 valence electrons. The highest BCUT2D eigenvalue weighted by molar-refractivity contribution is 5.78. The number of benzene rings is 1. The number of halogens is 1. The fourth-order valence-electron chi connectivity index (χ4n) is 1.40. The van der Waals surface area contributed by atoms with Crippen molar-refractivity contribution in [2.75, 3.05) is 0 Å². The van der Waals surface area contributed by atoms with Gasteiger partial charge in [-0.05, 0) is 24.3 Å². The summed E-state index contributed by atoms with van der Waals surface area (Å²) in [6, 6.07) is 5.23. The molecule has 0 spiro atoms. The number of aromatic hydroxyl groups is 1. The van der Waals surface area contributed by atoms with Crippen molar-refractivity contribution in [2.45, 2.75) is 0 Å². The van der Waals surface area contributed by atoms with Gasteiger partial charge in [0.15, 0.2) is 6.29 Å². The Morgan fingerprint density at radius 2 is 2.06 bits per heavy atom. The lowest BCUT2D eigenvalue weighted by molar-refractivity contribution is 0.112. The van der Waals surface area contributed by atoms with Crippen LogP contribution >= 0.6 is 0 Å². The number of aromatic nitrogens is 1. The summed E-state index contributed by atoms with van der Waals surface area (Å²) in [5.74, 6) is -0.504. The molecule has 16 heavy (non-hydrogen) atoms. The van der Waals surface area contributed by atoms with E-state index >= 15 is 0 Å². The van der Waals surface area contributed by atoms with Crippen LogP contribution in [0.2, 0.25) is 0 Å². The molecular weight excluding hydrogens is 209 g/mol. The lowest BCUT2D eigenvalue weighted by atomic mass is 10.1. The highest BCUT2D eigenvalue weighted by atomic mass is 19.1. The number of hydrogen-bond acceptors (Lipinski definition) is 3. The highest BCUT2D eigenvalue weighted by Crippen LogP contribution is 2.26. The van der Waals surface area contributed by atoms with Gasteiger partial charge in [-0.15, -0.1) is 0 Å². The van der Waals surface area contributed by atoms with E-state index in [2.05, 4.69) is 4.98 Å². The van der Waals surface area contributed by atoms with E-state index in [0.29, 0.717) is 17.4 Å². The number of hydrogen-bond donors (Lipinski definition) is 1. The van der Waals surface area contributed by atoms with E-state index in [1.165, 1.54) is 30.6 Å². The van der Waals surface area contributed by atoms with Crippen LogP contribution in [-0.2, 0) is 0 Å². The first-order valence-electron chi connectivity index (χ1n) is 4.60. The molecule has 3 nitrogen and oxygen atoms in total. The minimum absolute atomic E-state index is 0.0343. The third-order valence-corrected chi connectivity index (χ3v) is 2.16. The van der Waals surface area contributed by atoms with Gasteiger partial charge in [0.25, 0.3) is 0 Å². The van der Waals surface area contributed by atoms with Crippen LogP contribution in [0.4, 0.5) is 4.39 Å². The third-order valence-electron chi connectivity index (χ3n) is 2.16. The molecule has 0 aliphatic heterocycles. The van der Waals surface area contributed by atoms with Gasteiger partial charge in [-0.25, -0.2) is 4.39 Å². The molecule has 0 atom stereocenters. The number of carbonyl (C=O) groups is 1. The minimum Gasteiger partial charge on any atom is -0.508 e. The number of carbonyl (C=O) groups excluding carboxylic acids is 1. The predicted molar refractivity (Wildman–Crippen MR) is 56.7 cm³/mol. The minimum atomic E-state index is -0.470. The molecule has 0 saturated heterocycles. The molecule has 2 rings (SSSR count). The monoisotopic (exact) mass is 217 g/mol. The quantitative estimate of drug-likeness (QED) is 0.786. The van der Waals surface area contributed by atoms with E-state index in [4.69, 9.17) is 0 Å². The number of nitrogens with zero attached hydrogens (tertiary/aromatic N) is 1. The summed E-state index contributed by atoms with van der Waals surface area (Å²) in [6.07, 6.45) is 3.46. The van der Waals surface area contributed by atoms with Gasteiger partial charge >= 0.3 is 0 Å². The van der Waals surface area contributed by atoms with Gasteiger partial charge < -0.3 is 5.11 Å². The van der Waals surface area contributed by atoms with Crippen molar-refractivity contribution in [2.24, 2.45) is 0 Å². The molecule has 0 radical (unpaired) electrons. The van der Waals surface area contributed by atoms with Gasteiger partial charge in [-0.1, -0.05) is 0 Å². The van der Waals surface area contributed by atoms with Gasteiger partial charge in [-0.3, -0.25) is 9.78 Å². The molecular formula is C12H8FNO2. The second-order valence-electron chi connectivity index (χ2n) is 3.29. The topological polar surface area (TPSA) is 50.2 Å². The van der Waals surface area contributed by atoms with Gasteiger partial charge in [0.05, 0.1) is 0 Å². The first kappa shape index (κ1) is 10.3. The van der Waals surface area contributed by atoms with Crippen LogP contribution in [0, 0.1) is 5.82 Å². The average Bonchev–Trinajstić information content (AvgIpc) is 2.32. The van der Waals surface area contributed by atoms with Crippen LogP contribution in [0.15, 0.2) is 36.7 Å². The average molecular weight is 217 g/mol. The molecule has 1 aromatic carbocycles. The first-order valence-corrected chi connectivity index (χ1v) is 4.60. The van der Waals surface area contributed by atoms with E-state index in [0.717, 1.165) is 6.07 Å². The third kappa shape index (κ3) is 1.91. The molecule has 1 heterocycles. The molecule has 0 bridgehead atoms. The Labute approximate surface area is 91.2 Å². The van der Waals surface area contributed by atoms with Crippen molar-refractivity contribution in [3.63, 3.8) is 0 Å². The molecule has 0 aliphatic rings. The van der Waals surface area contributed by atoms with E-state index in [1.807, 2.05) is 0 Å². The lowest BCUT2D eigenvalue weighted by Crippen LogP contribution is -1.88. The highest BCUT2D eigenvalue weighted by Gasteiger charge is 2.07. The van der Waals surface area contributed by atoms with Gasteiger partial charge in [-0.2, -0.15) is 0 Å². The summed E-state index contributed by atoms with van der Waals surface area (Å²) >= 11 is 0. The Morgan fingerprint density at radius 3 is 2.81 bits per heavy atom. The number of pyridine rings is 1. The Kier molecular flexibility index (Phi) is 2.64. The molecule has 0 fully saturated rings. The summed E-state index contributed by atoms with van der Waals surface area (Å²) in [5.41, 5.74) is 1.04. The van der Waals surface area contributed by atoms with Crippen LogP contribution in [-0.4, -0.2) is 16.4 Å². The van der Waals surface area contributed by atoms with Crippen molar-refractivity contribution in [3.8, 4) is 16.9 Å². The maximum atomic E-state index is 13.5. The largest absolute Gasteiger partial charge is 0.508 e. The SMILES string of the molecule is O=Cc1cncc(-c2cc(O)ccc2F)c1. The van der Waals surface area contributed by atoms with Gasteiger partial charge in [0, 0.05) is 29.1 Å². The van der Waals surface area contributed by atoms with E-state index in [9.17, 15) is 14.3 Å². The van der Waals surface area contributed by atoms with Gasteiger partial charge in [0.2, 0.25) is 0 Å². The van der Waals surface area contributed by atoms with Crippen molar-refractivity contribution in [3.05, 3.63) is 48.0 Å². The van der Waals surface area contributed by atoms with Crippen molar-refractivity contribution in [1.82, 2.24) is 4.98 Å². The Bertz CT molecular complexity index is 540. The fraction of sp³-hybridized carbons (Fsp3) is 0. The van der Waals surface area contributed by atoms with Crippen LogP contribution in [0.25, 0.3) is 11.1 Å². The molecule has 0 amide bonds. The second-order valence-corrected chi connectivity index (χ2v) is 3.29. The van der Waals surface area contributed by atoms with E-state index in [1.54, 1.807) is 0 Å². The normalized spacial score (nSPS) is 10.1. The standard InChI is InChI=1S/C12H8FNO2/c13-12-2-1-10(16)4-11(12)9-3-8(7-15)5-14-6-9/h1-7,16H. The first-order chi connectivity index (χ1) is 7.70. The van der Waals surface area contributed by atoms with Crippen molar-refractivity contribution in [1.29, 1.82) is 0 Å². The van der Waals surface area contributed by atoms with E-state index < -0.39 is 5.82 Å². The van der Waals surface area contributed by atoms with Crippen LogP contribution in [0.3, 0.4) is 0 Å². The number of phenolic OH excluding ortho intramolecular Hbond substituents is 1. The predicted octanol–water partition coefficient (Wildman–Crippen LogP) is 2.41. The number of aldehydes is 1. The summed E-state index contributed by atoms with van der Waals surface area (Å²) in [4.78, 5) is 14.4. The van der Waals surface area contributed by atoms with Crippen molar-refractivity contribution < 1.29 is 14.3 Å².